The number of hydrogen-bond acceptors (Lipinski definition) is 5. The van der Waals surface area contributed by atoms with Crippen LogP contribution in [-0.2, 0) is 9.84 Å². The van der Waals surface area contributed by atoms with Crippen molar-refractivity contribution in [1.29, 1.82) is 0 Å². The van der Waals surface area contributed by atoms with Crippen molar-refractivity contribution in [3.8, 4) is 5.75 Å². The molecule has 0 radical (unpaired) electrons. The summed E-state index contributed by atoms with van der Waals surface area (Å²) >= 11 is 0. The Balaban J connectivity index is 2.84. The van der Waals surface area contributed by atoms with E-state index in [4.69, 9.17) is 10.5 Å². The van der Waals surface area contributed by atoms with Crippen LogP contribution < -0.4 is 10.5 Å². The largest absolute Gasteiger partial charge is 0.491 e. The molecule has 1 rings (SSSR count). The average Bonchev–Trinajstić information content (AvgIpc) is 2.28. The van der Waals surface area contributed by atoms with E-state index in [9.17, 15) is 13.5 Å². The molecule has 1 aromatic carbocycles. The van der Waals surface area contributed by atoms with E-state index in [1.54, 1.807) is 12.1 Å². The van der Waals surface area contributed by atoms with E-state index in [0.717, 1.165) is 0 Å². The van der Waals surface area contributed by atoms with Gasteiger partial charge in [0.2, 0.25) is 0 Å². The van der Waals surface area contributed by atoms with E-state index < -0.39 is 15.9 Å². The lowest BCUT2D eigenvalue weighted by Gasteiger charge is -2.11. The Morgan fingerprint density at radius 3 is 2.28 bits per heavy atom. The highest BCUT2D eigenvalue weighted by Crippen LogP contribution is 2.18. The Bertz CT molecular complexity index is 467. The number of rotatable bonds is 6. The lowest BCUT2D eigenvalue weighted by Crippen LogP contribution is -2.28. The van der Waals surface area contributed by atoms with Crippen molar-refractivity contribution in [3.05, 3.63) is 24.3 Å². The van der Waals surface area contributed by atoms with Gasteiger partial charge in [-0.1, -0.05) is 0 Å². The fraction of sp³-hybridized carbons (Fsp3) is 0.500. The Hall–Kier alpha value is -1.11. The van der Waals surface area contributed by atoms with Crippen LogP contribution in [0, 0.1) is 0 Å². The highest BCUT2D eigenvalue weighted by Gasteiger charge is 2.18. The van der Waals surface area contributed by atoms with Gasteiger partial charge in [0.15, 0.2) is 9.84 Å². The molecule has 0 aliphatic heterocycles. The van der Waals surface area contributed by atoms with Gasteiger partial charge >= 0.3 is 0 Å². The molecule has 0 saturated heterocycles. The number of aliphatic hydroxyl groups excluding tert-OH is 1. The average molecular weight is 273 g/mol. The van der Waals surface area contributed by atoms with Gasteiger partial charge in [-0.2, -0.15) is 0 Å². The molecule has 0 aromatic heterocycles. The molecule has 1 aromatic rings. The minimum atomic E-state index is -3.50. The normalized spacial score (nSPS) is 13.6. The first-order valence-electron chi connectivity index (χ1n) is 5.72. The first kappa shape index (κ1) is 14.9. The molecule has 0 saturated carbocycles. The van der Waals surface area contributed by atoms with Crippen LogP contribution in [0.2, 0.25) is 0 Å². The molecule has 1 atom stereocenters. The number of sulfone groups is 1. The van der Waals surface area contributed by atoms with E-state index in [1.165, 1.54) is 12.1 Å². The first-order chi connectivity index (χ1) is 8.35. The summed E-state index contributed by atoms with van der Waals surface area (Å²) in [4.78, 5) is 0.158. The van der Waals surface area contributed by atoms with Gasteiger partial charge in [-0.15, -0.1) is 0 Å². The minimum absolute atomic E-state index is 0.0338. The van der Waals surface area contributed by atoms with Crippen LogP contribution in [0.1, 0.15) is 13.8 Å². The number of hydrogen-bond donors (Lipinski definition) is 2. The van der Waals surface area contributed by atoms with Gasteiger partial charge in [-0.3, -0.25) is 0 Å². The van der Waals surface area contributed by atoms with Crippen LogP contribution in [0.3, 0.4) is 0 Å². The van der Waals surface area contributed by atoms with Gasteiger partial charge in [0.05, 0.1) is 22.9 Å². The maximum atomic E-state index is 11.9. The Labute approximate surface area is 107 Å². The van der Waals surface area contributed by atoms with Gasteiger partial charge in [-0.05, 0) is 38.1 Å². The molecular formula is C12H19NO4S. The van der Waals surface area contributed by atoms with Crippen molar-refractivity contribution in [2.75, 3.05) is 12.3 Å². The molecule has 102 valence electrons. The third kappa shape index (κ3) is 4.29. The number of nitrogens with two attached hydrogens (primary N) is 1. The fourth-order valence-electron chi connectivity index (χ4n) is 1.42. The molecule has 0 aliphatic rings. The summed E-state index contributed by atoms with van der Waals surface area (Å²) in [5.74, 6) is 0.247. The Morgan fingerprint density at radius 2 is 1.83 bits per heavy atom. The highest BCUT2D eigenvalue weighted by molar-refractivity contribution is 7.91. The monoisotopic (exact) mass is 273 g/mol. The van der Waals surface area contributed by atoms with E-state index in [2.05, 4.69) is 0 Å². The quantitative estimate of drug-likeness (QED) is 0.790. The standard InChI is InChI=1S/C12H19NO4S/c1-9(2)17-11-3-5-12(6-4-11)18(15,16)8-10(14)7-13/h3-6,9-10,14H,7-8,13H2,1-2H3. The predicted octanol–water partition coefficient (Wildman–Crippen LogP) is 0.567. The maximum Gasteiger partial charge on any atom is 0.180 e. The second-order valence-corrected chi connectivity index (χ2v) is 6.34. The van der Waals surface area contributed by atoms with Crippen LogP contribution in [0.15, 0.2) is 29.2 Å². The summed E-state index contributed by atoms with van der Waals surface area (Å²) in [6.45, 7) is 3.71. The van der Waals surface area contributed by atoms with E-state index in [1.807, 2.05) is 13.8 Å². The third-order valence-corrected chi connectivity index (χ3v) is 4.05. The fourth-order valence-corrected chi connectivity index (χ4v) is 2.80. The highest BCUT2D eigenvalue weighted by atomic mass is 32.2. The van der Waals surface area contributed by atoms with Crippen molar-refractivity contribution in [2.24, 2.45) is 5.73 Å². The summed E-state index contributed by atoms with van der Waals surface area (Å²) in [5, 5.41) is 9.30. The Kier molecular flexibility index (Phi) is 5.13. The zero-order valence-electron chi connectivity index (χ0n) is 10.5. The maximum absolute atomic E-state index is 11.9. The van der Waals surface area contributed by atoms with Crippen LogP contribution >= 0.6 is 0 Å². The van der Waals surface area contributed by atoms with Crippen molar-refractivity contribution in [2.45, 2.75) is 31.0 Å². The van der Waals surface area contributed by atoms with Gasteiger partial charge in [0.25, 0.3) is 0 Å². The van der Waals surface area contributed by atoms with Gasteiger partial charge in [0.1, 0.15) is 5.75 Å². The molecule has 0 aliphatic carbocycles. The molecule has 0 spiro atoms. The van der Waals surface area contributed by atoms with Crippen LogP contribution in [-0.4, -0.2) is 38.0 Å². The molecule has 0 amide bonds. The SMILES string of the molecule is CC(C)Oc1ccc(S(=O)(=O)CC(O)CN)cc1. The van der Waals surface area contributed by atoms with Crippen molar-refractivity contribution in [1.82, 2.24) is 0 Å². The summed E-state index contributed by atoms with van der Waals surface area (Å²) < 4.78 is 29.2. The molecule has 6 heteroatoms. The van der Waals surface area contributed by atoms with Crippen LogP contribution in [0.4, 0.5) is 0 Å². The van der Waals surface area contributed by atoms with Gasteiger partial charge in [0, 0.05) is 6.54 Å². The summed E-state index contributed by atoms with van der Waals surface area (Å²) in [6.07, 6.45) is -1.01. The predicted molar refractivity (Wildman–Crippen MR) is 69.3 cm³/mol. The summed E-state index contributed by atoms with van der Waals surface area (Å²) in [7, 11) is -3.50. The van der Waals surface area contributed by atoms with Crippen LogP contribution in [0.5, 0.6) is 5.75 Å². The molecule has 18 heavy (non-hydrogen) atoms. The zero-order chi connectivity index (χ0) is 13.8. The number of benzene rings is 1. The molecule has 3 N–H and O–H groups in total. The first-order valence-corrected chi connectivity index (χ1v) is 7.38. The summed E-state index contributed by atoms with van der Waals surface area (Å²) in [6, 6.07) is 6.13. The smallest absolute Gasteiger partial charge is 0.180 e. The van der Waals surface area contributed by atoms with Crippen LogP contribution in [0.25, 0.3) is 0 Å². The topological polar surface area (TPSA) is 89.6 Å². The second-order valence-electron chi connectivity index (χ2n) is 4.31. The zero-order valence-corrected chi connectivity index (χ0v) is 11.4. The van der Waals surface area contributed by atoms with E-state index in [0.29, 0.717) is 5.75 Å². The van der Waals surface area contributed by atoms with Crippen molar-refractivity contribution >= 4 is 9.84 Å². The number of ether oxygens (including phenoxy) is 1. The van der Waals surface area contributed by atoms with Gasteiger partial charge < -0.3 is 15.6 Å². The summed E-state index contributed by atoms with van der Waals surface area (Å²) in [5.41, 5.74) is 5.20. The third-order valence-electron chi connectivity index (χ3n) is 2.24. The number of aliphatic hydroxyl groups is 1. The van der Waals surface area contributed by atoms with E-state index >= 15 is 0 Å². The van der Waals surface area contributed by atoms with Gasteiger partial charge in [-0.25, -0.2) is 8.42 Å². The minimum Gasteiger partial charge on any atom is -0.491 e. The van der Waals surface area contributed by atoms with E-state index in [-0.39, 0.29) is 23.3 Å². The molecule has 0 bridgehead atoms. The molecule has 5 nitrogen and oxygen atoms in total. The molecule has 0 heterocycles. The lowest BCUT2D eigenvalue weighted by atomic mass is 10.3. The Morgan fingerprint density at radius 1 is 1.28 bits per heavy atom. The molecular weight excluding hydrogens is 254 g/mol. The van der Waals surface area contributed by atoms with Crippen molar-refractivity contribution < 1.29 is 18.3 Å². The van der Waals surface area contributed by atoms with Crippen molar-refractivity contribution in [3.63, 3.8) is 0 Å². The molecule has 0 fully saturated rings. The lowest BCUT2D eigenvalue weighted by molar-refractivity contribution is 0.205. The second kappa shape index (κ2) is 6.17. The molecule has 1 unspecified atom stereocenters.